The van der Waals surface area contributed by atoms with Crippen LogP contribution in [0.15, 0.2) is 29.2 Å². The molecule has 0 saturated carbocycles. The van der Waals surface area contributed by atoms with Crippen LogP contribution in [0.1, 0.15) is 32.6 Å². The highest BCUT2D eigenvalue weighted by atomic mass is 32.2. The zero-order valence-electron chi connectivity index (χ0n) is 12.9. The number of ether oxygens (including phenoxy) is 1. The van der Waals surface area contributed by atoms with Crippen molar-refractivity contribution in [3.8, 4) is 5.75 Å². The van der Waals surface area contributed by atoms with Crippen molar-refractivity contribution >= 4 is 10.0 Å². The zero-order valence-corrected chi connectivity index (χ0v) is 13.7. The lowest BCUT2D eigenvalue weighted by Crippen LogP contribution is -2.26. The number of sulfonamides is 1. The highest BCUT2D eigenvalue weighted by Gasteiger charge is 2.12. The molecule has 0 fully saturated rings. The van der Waals surface area contributed by atoms with E-state index in [1.54, 1.807) is 24.3 Å². The van der Waals surface area contributed by atoms with E-state index in [2.05, 4.69) is 17.0 Å². The van der Waals surface area contributed by atoms with E-state index in [0.717, 1.165) is 32.2 Å². The molecule has 0 aromatic heterocycles. The highest BCUT2D eigenvalue weighted by Crippen LogP contribution is 2.16. The van der Waals surface area contributed by atoms with Gasteiger partial charge in [-0.25, -0.2) is 13.1 Å². The van der Waals surface area contributed by atoms with Gasteiger partial charge in [-0.05, 0) is 50.7 Å². The predicted molar refractivity (Wildman–Crippen MR) is 85.2 cm³/mol. The topological polar surface area (TPSA) is 67.4 Å². The molecule has 0 aliphatic heterocycles. The summed E-state index contributed by atoms with van der Waals surface area (Å²) in [5.41, 5.74) is 0. The Labute approximate surface area is 128 Å². The molecule has 0 heterocycles. The first-order chi connectivity index (χ1) is 10.1. The third kappa shape index (κ3) is 6.93. The lowest BCUT2D eigenvalue weighted by Gasteiger charge is -2.09. The molecule has 0 atom stereocenters. The Kier molecular flexibility index (Phi) is 8.34. The molecule has 6 heteroatoms. The van der Waals surface area contributed by atoms with Crippen molar-refractivity contribution in [3.05, 3.63) is 24.3 Å². The molecule has 5 nitrogen and oxygen atoms in total. The van der Waals surface area contributed by atoms with Crippen molar-refractivity contribution in [2.45, 2.75) is 37.5 Å². The highest BCUT2D eigenvalue weighted by molar-refractivity contribution is 7.89. The maximum Gasteiger partial charge on any atom is 0.240 e. The fourth-order valence-corrected chi connectivity index (χ4v) is 2.89. The predicted octanol–water partition coefficient (Wildman–Crippen LogP) is 2.14. The summed E-state index contributed by atoms with van der Waals surface area (Å²) in [7, 11) is -1.58. The summed E-state index contributed by atoms with van der Waals surface area (Å²) in [6.45, 7) is 4.02. The van der Waals surface area contributed by atoms with Gasteiger partial charge in [0.25, 0.3) is 0 Å². The standard InChI is InChI=1S/C15H26N2O3S/c1-3-4-5-13-20-14-7-9-15(10-8-14)21(18,19)17-12-6-11-16-2/h7-10,16-17H,3-6,11-13H2,1-2H3. The lowest BCUT2D eigenvalue weighted by atomic mass is 10.3. The molecule has 0 saturated heterocycles. The van der Waals surface area contributed by atoms with Gasteiger partial charge in [0.15, 0.2) is 0 Å². The number of rotatable bonds is 11. The Balaban J connectivity index is 2.48. The van der Waals surface area contributed by atoms with Gasteiger partial charge >= 0.3 is 0 Å². The number of hydrogen-bond donors (Lipinski definition) is 2. The quantitative estimate of drug-likeness (QED) is 0.614. The van der Waals surface area contributed by atoms with Gasteiger partial charge in [-0.3, -0.25) is 0 Å². The molecule has 0 aliphatic carbocycles. The smallest absolute Gasteiger partial charge is 0.240 e. The number of unbranched alkanes of at least 4 members (excludes halogenated alkanes) is 2. The van der Waals surface area contributed by atoms with E-state index in [1.807, 2.05) is 7.05 Å². The average Bonchev–Trinajstić information content (AvgIpc) is 2.49. The summed E-state index contributed by atoms with van der Waals surface area (Å²) in [5.74, 6) is 0.709. The van der Waals surface area contributed by atoms with Crippen LogP contribution in [0.25, 0.3) is 0 Å². The molecule has 0 bridgehead atoms. The summed E-state index contributed by atoms with van der Waals surface area (Å²) in [5, 5.41) is 2.98. The van der Waals surface area contributed by atoms with Crippen LogP contribution in [0.2, 0.25) is 0 Å². The number of nitrogens with one attached hydrogen (secondary N) is 2. The Bertz CT molecular complexity index is 486. The Morgan fingerprint density at radius 2 is 1.76 bits per heavy atom. The minimum Gasteiger partial charge on any atom is -0.494 e. The summed E-state index contributed by atoms with van der Waals surface area (Å²) < 4.78 is 32.2. The molecule has 21 heavy (non-hydrogen) atoms. The van der Waals surface area contributed by atoms with Crippen molar-refractivity contribution in [1.29, 1.82) is 0 Å². The first kappa shape index (κ1) is 17.9. The van der Waals surface area contributed by atoms with Crippen molar-refractivity contribution < 1.29 is 13.2 Å². The van der Waals surface area contributed by atoms with E-state index in [9.17, 15) is 8.42 Å². The van der Waals surface area contributed by atoms with Gasteiger partial charge < -0.3 is 10.1 Å². The molecular weight excluding hydrogens is 288 g/mol. The van der Waals surface area contributed by atoms with Crippen LogP contribution in [-0.2, 0) is 10.0 Å². The van der Waals surface area contributed by atoms with Gasteiger partial charge in [-0.2, -0.15) is 0 Å². The van der Waals surface area contributed by atoms with E-state index in [-0.39, 0.29) is 4.90 Å². The average molecular weight is 314 g/mol. The zero-order chi connectivity index (χ0) is 15.6. The van der Waals surface area contributed by atoms with Gasteiger partial charge in [-0.1, -0.05) is 19.8 Å². The molecule has 1 rings (SSSR count). The van der Waals surface area contributed by atoms with Crippen LogP contribution < -0.4 is 14.8 Å². The molecule has 0 unspecified atom stereocenters. The van der Waals surface area contributed by atoms with Crippen molar-refractivity contribution in [2.24, 2.45) is 0 Å². The molecule has 0 radical (unpaired) electrons. The minimum atomic E-state index is -3.42. The molecule has 0 amide bonds. The van der Waals surface area contributed by atoms with E-state index in [4.69, 9.17) is 4.74 Å². The van der Waals surface area contributed by atoms with Crippen LogP contribution in [0.5, 0.6) is 5.75 Å². The summed E-state index contributed by atoms with van der Waals surface area (Å²) in [6.07, 6.45) is 4.07. The third-order valence-corrected chi connectivity index (χ3v) is 4.52. The summed E-state index contributed by atoms with van der Waals surface area (Å²) in [6, 6.07) is 6.56. The SMILES string of the molecule is CCCCCOc1ccc(S(=O)(=O)NCCCNC)cc1. The lowest BCUT2D eigenvalue weighted by molar-refractivity contribution is 0.306. The minimum absolute atomic E-state index is 0.271. The number of benzene rings is 1. The molecule has 1 aromatic rings. The third-order valence-electron chi connectivity index (χ3n) is 3.05. The van der Waals surface area contributed by atoms with E-state index in [0.29, 0.717) is 18.9 Å². The monoisotopic (exact) mass is 314 g/mol. The fourth-order valence-electron chi connectivity index (χ4n) is 1.81. The van der Waals surface area contributed by atoms with Gasteiger partial charge in [0.2, 0.25) is 10.0 Å². The molecule has 120 valence electrons. The van der Waals surface area contributed by atoms with Crippen molar-refractivity contribution in [3.63, 3.8) is 0 Å². The van der Waals surface area contributed by atoms with Gasteiger partial charge in [0.1, 0.15) is 5.75 Å². The molecule has 0 spiro atoms. The van der Waals surface area contributed by atoms with Gasteiger partial charge in [-0.15, -0.1) is 0 Å². The van der Waals surface area contributed by atoms with Crippen LogP contribution >= 0.6 is 0 Å². The normalized spacial score (nSPS) is 11.5. The van der Waals surface area contributed by atoms with Gasteiger partial charge in [0, 0.05) is 6.54 Å². The summed E-state index contributed by atoms with van der Waals surface area (Å²) in [4.78, 5) is 0.271. The largest absolute Gasteiger partial charge is 0.494 e. The first-order valence-corrected chi connectivity index (χ1v) is 8.95. The van der Waals surface area contributed by atoms with E-state index < -0.39 is 10.0 Å². The molecule has 1 aromatic carbocycles. The fraction of sp³-hybridized carbons (Fsp3) is 0.600. The van der Waals surface area contributed by atoms with E-state index >= 15 is 0 Å². The molecular formula is C15H26N2O3S. The van der Waals surface area contributed by atoms with Crippen LogP contribution in [0, 0.1) is 0 Å². The maximum absolute atomic E-state index is 12.0. The maximum atomic E-state index is 12.0. The van der Waals surface area contributed by atoms with Crippen LogP contribution in [0.4, 0.5) is 0 Å². The Morgan fingerprint density at radius 3 is 2.38 bits per heavy atom. The second-order valence-corrected chi connectivity index (χ2v) is 6.65. The van der Waals surface area contributed by atoms with Crippen molar-refractivity contribution in [2.75, 3.05) is 26.7 Å². The van der Waals surface area contributed by atoms with Crippen LogP contribution in [0.3, 0.4) is 0 Å². The van der Waals surface area contributed by atoms with Crippen LogP contribution in [-0.4, -0.2) is 35.2 Å². The summed E-state index contributed by atoms with van der Waals surface area (Å²) >= 11 is 0. The first-order valence-electron chi connectivity index (χ1n) is 7.47. The Hall–Kier alpha value is -1.11. The Morgan fingerprint density at radius 1 is 1.05 bits per heavy atom. The van der Waals surface area contributed by atoms with Crippen molar-refractivity contribution in [1.82, 2.24) is 10.0 Å². The second kappa shape index (κ2) is 9.76. The number of hydrogen-bond acceptors (Lipinski definition) is 4. The molecule has 2 N–H and O–H groups in total. The van der Waals surface area contributed by atoms with Gasteiger partial charge in [0.05, 0.1) is 11.5 Å². The van der Waals surface area contributed by atoms with E-state index in [1.165, 1.54) is 0 Å². The molecule has 0 aliphatic rings. The second-order valence-electron chi connectivity index (χ2n) is 4.88.